The second-order valence-electron chi connectivity index (χ2n) is 3.65. The van der Waals surface area contributed by atoms with E-state index in [0.717, 1.165) is 11.3 Å². The molecule has 0 atom stereocenters. The summed E-state index contributed by atoms with van der Waals surface area (Å²) in [6.07, 6.45) is 1.66. The van der Waals surface area contributed by atoms with Crippen molar-refractivity contribution < 1.29 is 14.3 Å². The molecule has 92 valence electrons. The van der Waals surface area contributed by atoms with Crippen LogP contribution in [0.1, 0.15) is 10.4 Å². The zero-order valence-electron chi connectivity index (χ0n) is 10.2. The zero-order chi connectivity index (χ0) is 13.0. The minimum atomic E-state index is -0.343. The lowest BCUT2D eigenvalue weighted by atomic mass is 10.1. The Morgan fingerprint density at radius 2 is 1.78 bits per heavy atom. The molecule has 0 saturated heterocycles. The van der Waals surface area contributed by atoms with Crippen molar-refractivity contribution in [3.63, 3.8) is 0 Å². The number of nitrogens with zero attached hydrogens (tertiary/aromatic N) is 1. The molecule has 0 unspecified atom stereocenters. The third-order valence-corrected chi connectivity index (χ3v) is 2.57. The number of ether oxygens (including phenoxy) is 2. The first-order chi connectivity index (χ1) is 8.74. The fourth-order valence-electron chi connectivity index (χ4n) is 1.57. The Hall–Kier alpha value is -2.36. The summed E-state index contributed by atoms with van der Waals surface area (Å²) in [5.74, 6) is 0.370. The third kappa shape index (κ3) is 2.48. The maximum Gasteiger partial charge on any atom is 0.337 e. The Bertz CT molecular complexity index is 532. The largest absolute Gasteiger partial charge is 0.495 e. The van der Waals surface area contributed by atoms with Crippen molar-refractivity contribution in [1.29, 1.82) is 0 Å². The molecule has 18 heavy (non-hydrogen) atoms. The van der Waals surface area contributed by atoms with Gasteiger partial charge in [-0.3, -0.25) is 4.98 Å². The molecule has 2 aromatic rings. The van der Waals surface area contributed by atoms with Crippen molar-refractivity contribution in [3.8, 4) is 17.0 Å². The second-order valence-corrected chi connectivity index (χ2v) is 3.65. The van der Waals surface area contributed by atoms with Crippen LogP contribution < -0.4 is 4.74 Å². The van der Waals surface area contributed by atoms with Gasteiger partial charge in [0.15, 0.2) is 0 Å². The van der Waals surface area contributed by atoms with Crippen LogP contribution in [0, 0.1) is 0 Å². The van der Waals surface area contributed by atoms with Crippen LogP contribution in [-0.4, -0.2) is 25.2 Å². The molecule has 4 nitrogen and oxygen atoms in total. The Labute approximate surface area is 105 Å². The van der Waals surface area contributed by atoms with Gasteiger partial charge in [-0.05, 0) is 24.3 Å². The number of aromatic nitrogens is 1. The fraction of sp³-hybridized carbons (Fsp3) is 0.143. The molecule has 0 radical (unpaired) electrons. The second kappa shape index (κ2) is 5.31. The molecule has 0 saturated carbocycles. The van der Waals surface area contributed by atoms with Crippen LogP contribution in [0.2, 0.25) is 0 Å². The quantitative estimate of drug-likeness (QED) is 0.777. The van der Waals surface area contributed by atoms with Gasteiger partial charge >= 0.3 is 5.97 Å². The predicted octanol–water partition coefficient (Wildman–Crippen LogP) is 2.54. The van der Waals surface area contributed by atoms with E-state index in [4.69, 9.17) is 4.74 Å². The highest BCUT2D eigenvalue weighted by Gasteiger charge is 2.05. The molecule has 0 aliphatic rings. The first-order valence-electron chi connectivity index (χ1n) is 5.43. The van der Waals surface area contributed by atoms with Crippen LogP contribution in [0.15, 0.2) is 42.6 Å². The Kier molecular flexibility index (Phi) is 3.57. The van der Waals surface area contributed by atoms with Crippen LogP contribution in [-0.2, 0) is 4.74 Å². The summed E-state index contributed by atoms with van der Waals surface area (Å²) in [4.78, 5) is 15.6. The van der Waals surface area contributed by atoms with Crippen molar-refractivity contribution in [2.75, 3.05) is 14.2 Å². The molecule has 1 aromatic heterocycles. The monoisotopic (exact) mass is 243 g/mol. The van der Waals surface area contributed by atoms with Gasteiger partial charge in [-0.15, -0.1) is 0 Å². The van der Waals surface area contributed by atoms with E-state index in [2.05, 4.69) is 9.72 Å². The maximum absolute atomic E-state index is 11.3. The molecule has 1 aromatic carbocycles. The smallest absolute Gasteiger partial charge is 0.337 e. The summed E-state index contributed by atoms with van der Waals surface area (Å²) in [5, 5.41) is 0. The molecule has 0 aliphatic carbocycles. The van der Waals surface area contributed by atoms with Gasteiger partial charge in [-0.2, -0.15) is 0 Å². The summed E-state index contributed by atoms with van der Waals surface area (Å²) in [5.41, 5.74) is 2.28. The lowest BCUT2D eigenvalue weighted by molar-refractivity contribution is 0.0601. The Morgan fingerprint density at radius 1 is 1.06 bits per heavy atom. The number of benzene rings is 1. The fourth-order valence-corrected chi connectivity index (χ4v) is 1.57. The number of hydrogen-bond acceptors (Lipinski definition) is 4. The van der Waals surface area contributed by atoms with Crippen molar-refractivity contribution in [2.24, 2.45) is 0 Å². The van der Waals surface area contributed by atoms with Crippen LogP contribution in [0.4, 0.5) is 0 Å². The molecular weight excluding hydrogens is 230 g/mol. The molecule has 0 aliphatic heterocycles. The van der Waals surface area contributed by atoms with Gasteiger partial charge in [0.25, 0.3) is 0 Å². The molecule has 0 fully saturated rings. The topological polar surface area (TPSA) is 48.4 Å². The molecule has 1 heterocycles. The Balaban J connectivity index is 2.25. The molecule has 2 rings (SSSR count). The van der Waals surface area contributed by atoms with E-state index in [1.54, 1.807) is 25.4 Å². The summed E-state index contributed by atoms with van der Waals surface area (Å²) in [6, 6.07) is 10.8. The lowest BCUT2D eigenvalue weighted by Crippen LogP contribution is -2.00. The van der Waals surface area contributed by atoms with Crippen LogP contribution in [0.25, 0.3) is 11.3 Å². The van der Waals surface area contributed by atoms with Gasteiger partial charge in [-0.25, -0.2) is 4.79 Å². The summed E-state index contributed by atoms with van der Waals surface area (Å²) < 4.78 is 9.69. The van der Waals surface area contributed by atoms with Crippen molar-refractivity contribution in [3.05, 3.63) is 48.2 Å². The van der Waals surface area contributed by atoms with Crippen molar-refractivity contribution >= 4 is 5.97 Å². The molecule has 4 heteroatoms. The third-order valence-electron chi connectivity index (χ3n) is 2.57. The number of pyridine rings is 1. The normalized spacial score (nSPS) is 9.89. The number of esters is 1. The highest BCUT2D eigenvalue weighted by molar-refractivity contribution is 5.89. The first kappa shape index (κ1) is 12.1. The maximum atomic E-state index is 11.3. The SMILES string of the molecule is COC(=O)c1ccc(-c2ccc(OC)cn2)cc1. The van der Waals surface area contributed by atoms with Gasteiger partial charge < -0.3 is 9.47 Å². The van der Waals surface area contributed by atoms with E-state index in [9.17, 15) is 4.79 Å². The van der Waals surface area contributed by atoms with Gasteiger partial charge in [0.1, 0.15) is 5.75 Å². The molecule has 0 bridgehead atoms. The van der Waals surface area contributed by atoms with Crippen molar-refractivity contribution in [2.45, 2.75) is 0 Å². The number of carbonyl (C=O) groups is 1. The lowest BCUT2D eigenvalue weighted by Gasteiger charge is -2.04. The van der Waals surface area contributed by atoms with Gasteiger partial charge in [0, 0.05) is 5.56 Å². The standard InChI is InChI=1S/C14H13NO3/c1-17-12-7-8-13(15-9-12)10-3-5-11(6-4-10)14(16)18-2/h3-9H,1-2H3. The van der Waals surface area contributed by atoms with E-state index in [1.165, 1.54) is 7.11 Å². The molecular formula is C14H13NO3. The van der Waals surface area contributed by atoms with Crippen LogP contribution in [0.3, 0.4) is 0 Å². The average molecular weight is 243 g/mol. The van der Waals surface area contributed by atoms with Gasteiger partial charge in [-0.1, -0.05) is 12.1 Å². The van der Waals surface area contributed by atoms with Gasteiger partial charge in [0.2, 0.25) is 0 Å². The minimum Gasteiger partial charge on any atom is -0.495 e. The first-order valence-corrected chi connectivity index (χ1v) is 5.43. The van der Waals surface area contributed by atoms with Crippen LogP contribution >= 0.6 is 0 Å². The average Bonchev–Trinajstić information content (AvgIpc) is 2.47. The van der Waals surface area contributed by atoms with E-state index in [1.807, 2.05) is 24.3 Å². The number of rotatable bonds is 3. The van der Waals surface area contributed by atoms with Crippen LogP contribution in [0.5, 0.6) is 5.75 Å². The number of carbonyl (C=O) groups excluding carboxylic acids is 1. The van der Waals surface area contributed by atoms with E-state index in [-0.39, 0.29) is 5.97 Å². The number of hydrogen-bond donors (Lipinski definition) is 0. The highest BCUT2D eigenvalue weighted by atomic mass is 16.5. The molecule has 0 amide bonds. The predicted molar refractivity (Wildman–Crippen MR) is 67.6 cm³/mol. The van der Waals surface area contributed by atoms with Gasteiger partial charge in [0.05, 0.1) is 31.7 Å². The summed E-state index contributed by atoms with van der Waals surface area (Å²) in [6.45, 7) is 0. The van der Waals surface area contributed by atoms with E-state index >= 15 is 0 Å². The Morgan fingerprint density at radius 3 is 2.28 bits per heavy atom. The number of methoxy groups -OCH3 is 2. The summed E-state index contributed by atoms with van der Waals surface area (Å²) >= 11 is 0. The van der Waals surface area contributed by atoms with E-state index < -0.39 is 0 Å². The summed E-state index contributed by atoms with van der Waals surface area (Å²) in [7, 11) is 2.96. The molecule has 0 spiro atoms. The minimum absolute atomic E-state index is 0.343. The molecule has 0 N–H and O–H groups in total. The zero-order valence-corrected chi connectivity index (χ0v) is 10.2. The van der Waals surface area contributed by atoms with E-state index in [0.29, 0.717) is 11.3 Å². The highest BCUT2D eigenvalue weighted by Crippen LogP contribution is 2.20. The van der Waals surface area contributed by atoms with Crippen molar-refractivity contribution in [1.82, 2.24) is 4.98 Å².